The molecule has 0 saturated heterocycles. The van der Waals surface area contributed by atoms with Gasteiger partial charge in [-0.1, -0.05) is 41.1 Å². The normalized spacial score (nSPS) is 12.0. The van der Waals surface area contributed by atoms with E-state index in [1.807, 2.05) is 43.5 Å². The smallest absolute Gasteiger partial charge is 0.252 e. The molecule has 1 atom stereocenters. The molecule has 2 aromatic carbocycles. The van der Waals surface area contributed by atoms with Crippen molar-refractivity contribution in [1.29, 1.82) is 0 Å². The van der Waals surface area contributed by atoms with Gasteiger partial charge in [-0.3, -0.25) is 4.79 Å². The fraction of sp³-hybridized carbons (Fsp3) is 0.190. The molecule has 152 valence electrons. The van der Waals surface area contributed by atoms with Crippen LogP contribution in [0.15, 0.2) is 59.1 Å². The number of aryl methyl sites for hydroxylation is 1. The van der Waals surface area contributed by atoms with Crippen LogP contribution in [-0.4, -0.2) is 31.1 Å². The molecular weight excluding hydrogens is 404 g/mol. The predicted molar refractivity (Wildman–Crippen MR) is 111 cm³/mol. The number of nitrogens with zero attached hydrogens (tertiary/aromatic N) is 5. The number of carbonyl (C=O) groups excluding carboxylic acids is 1. The zero-order valence-electron chi connectivity index (χ0n) is 16.4. The highest BCUT2D eigenvalue weighted by Crippen LogP contribution is 2.22. The van der Waals surface area contributed by atoms with Crippen molar-refractivity contribution in [2.45, 2.75) is 26.4 Å². The zero-order valence-corrected chi connectivity index (χ0v) is 17.2. The van der Waals surface area contributed by atoms with Crippen LogP contribution < -0.4 is 5.32 Å². The van der Waals surface area contributed by atoms with Crippen LogP contribution in [0.5, 0.6) is 0 Å². The van der Waals surface area contributed by atoms with Crippen LogP contribution >= 0.6 is 11.6 Å². The van der Waals surface area contributed by atoms with Gasteiger partial charge in [0.2, 0.25) is 11.8 Å². The number of carbonyl (C=O) groups is 1. The van der Waals surface area contributed by atoms with Crippen LogP contribution in [0.4, 0.5) is 0 Å². The molecule has 0 bridgehead atoms. The molecule has 1 amide bonds. The van der Waals surface area contributed by atoms with E-state index in [9.17, 15) is 4.79 Å². The van der Waals surface area contributed by atoms with Crippen molar-refractivity contribution in [2.75, 3.05) is 0 Å². The lowest BCUT2D eigenvalue weighted by Gasteiger charge is -2.11. The van der Waals surface area contributed by atoms with Crippen molar-refractivity contribution in [3.63, 3.8) is 0 Å². The summed E-state index contributed by atoms with van der Waals surface area (Å²) in [5, 5.41) is 19.7. The van der Waals surface area contributed by atoms with Crippen molar-refractivity contribution in [3.8, 4) is 11.5 Å². The topological polar surface area (TPSA) is 98.7 Å². The van der Waals surface area contributed by atoms with Gasteiger partial charge in [0.25, 0.3) is 5.91 Å². The fourth-order valence-corrected chi connectivity index (χ4v) is 3.14. The molecule has 0 fully saturated rings. The summed E-state index contributed by atoms with van der Waals surface area (Å²) in [7, 11) is 0. The van der Waals surface area contributed by atoms with Crippen LogP contribution in [0.3, 0.4) is 0 Å². The Morgan fingerprint density at radius 3 is 2.63 bits per heavy atom. The summed E-state index contributed by atoms with van der Waals surface area (Å²) in [6.07, 6.45) is 1.81. The molecule has 0 unspecified atom stereocenters. The lowest BCUT2D eigenvalue weighted by molar-refractivity contribution is 0.0951. The van der Waals surface area contributed by atoms with Gasteiger partial charge in [-0.15, -0.1) is 15.3 Å². The van der Waals surface area contributed by atoms with Gasteiger partial charge in [-0.2, -0.15) is 0 Å². The van der Waals surface area contributed by atoms with Gasteiger partial charge >= 0.3 is 0 Å². The Hall–Kier alpha value is -3.52. The monoisotopic (exact) mass is 422 g/mol. The first-order valence-corrected chi connectivity index (χ1v) is 9.73. The highest BCUT2D eigenvalue weighted by molar-refractivity contribution is 6.30. The van der Waals surface area contributed by atoms with Crippen molar-refractivity contribution in [1.82, 2.24) is 30.5 Å². The van der Waals surface area contributed by atoms with E-state index in [-0.39, 0.29) is 18.5 Å². The first-order valence-electron chi connectivity index (χ1n) is 9.35. The average molecular weight is 423 g/mol. The predicted octanol–water partition coefficient (Wildman–Crippen LogP) is 3.83. The van der Waals surface area contributed by atoms with Crippen molar-refractivity contribution >= 4 is 17.5 Å². The summed E-state index contributed by atoms with van der Waals surface area (Å²) in [5.74, 6) is 0.481. The van der Waals surface area contributed by atoms with Crippen LogP contribution in [0.25, 0.3) is 11.5 Å². The van der Waals surface area contributed by atoms with E-state index in [1.165, 1.54) is 0 Å². The highest BCUT2D eigenvalue weighted by Gasteiger charge is 2.17. The Kier molecular flexibility index (Phi) is 5.58. The molecular formula is C21H19ClN6O2. The number of amides is 1. The van der Waals surface area contributed by atoms with Gasteiger partial charge in [0.1, 0.15) is 5.69 Å². The number of benzene rings is 2. The number of aromatic nitrogens is 5. The quantitative estimate of drug-likeness (QED) is 0.507. The molecule has 30 heavy (non-hydrogen) atoms. The number of nitrogens with one attached hydrogen (secondary N) is 1. The molecule has 8 nitrogen and oxygen atoms in total. The maximum Gasteiger partial charge on any atom is 0.252 e. The maximum absolute atomic E-state index is 12.7. The summed E-state index contributed by atoms with van der Waals surface area (Å²) in [5.41, 5.74) is 2.73. The van der Waals surface area contributed by atoms with E-state index < -0.39 is 0 Å². The third-order valence-electron chi connectivity index (χ3n) is 4.67. The second kappa shape index (κ2) is 8.46. The van der Waals surface area contributed by atoms with Gasteiger partial charge < -0.3 is 9.73 Å². The molecule has 0 saturated carbocycles. The van der Waals surface area contributed by atoms with Crippen molar-refractivity contribution in [3.05, 3.63) is 82.5 Å². The Morgan fingerprint density at radius 1 is 1.13 bits per heavy atom. The minimum Gasteiger partial charge on any atom is -0.421 e. The molecule has 0 aliphatic carbocycles. The minimum absolute atomic E-state index is 0.0132. The van der Waals surface area contributed by atoms with Gasteiger partial charge in [0.05, 0.1) is 29.9 Å². The van der Waals surface area contributed by atoms with Gasteiger partial charge in [0, 0.05) is 11.9 Å². The lowest BCUT2D eigenvalue weighted by atomic mass is 10.1. The highest BCUT2D eigenvalue weighted by atomic mass is 35.5. The molecule has 0 radical (unpaired) electrons. The standard InChI is InChI=1S/C21H19ClN6O2/c1-13(15-7-9-16(22)10-8-15)28-12-17(25-27-28)11-23-20(29)18-5-3-4-6-19(18)21-26-24-14(2)30-21/h3-10,12-13H,11H2,1-2H3,(H,23,29)/t13-/m1/s1. The van der Waals surface area contributed by atoms with Gasteiger partial charge in [-0.25, -0.2) is 4.68 Å². The molecule has 2 aromatic heterocycles. The second-order valence-electron chi connectivity index (χ2n) is 6.77. The Labute approximate surface area is 177 Å². The second-order valence-corrected chi connectivity index (χ2v) is 7.21. The van der Waals surface area contributed by atoms with Gasteiger partial charge in [-0.05, 0) is 36.8 Å². The number of hydrogen-bond acceptors (Lipinski definition) is 6. The fourth-order valence-electron chi connectivity index (χ4n) is 3.02. The van der Waals surface area contributed by atoms with E-state index in [0.29, 0.717) is 33.6 Å². The molecule has 4 aromatic rings. The van der Waals surface area contributed by atoms with Crippen LogP contribution in [0.1, 0.15) is 40.5 Å². The molecule has 0 aliphatic rings. The molecule has 4 rings (SSSR count). The Bertz CT molecular complexity index is 1170. The van der Waals surface area contributed by atoms with Crippen LogP contribution in [0.2, 0.25) is 5.02 Å². The third-order valence-corrected chi connectivity index (χ3v) is 4.92. The molecule has 1 N–H and O–H groups in total. The van der Waals surface area contributed by atoms with Crippen molar-refractivity contribution < 1.29 is 9.21 Å². The van der Waals surface area contributed by atoms with Crippen molar-refractivity contribution in [2.24, 2.45) is 0 Å². The maximum atomic E-state index is 12.7. The summed E-state index contributed by atoms with van der Waals surface area (Å²) < 4.78 is 7.22. The molecule has 9 heteroatoms. The lowest BCUT2D eigenvalue weighted by Crippen LogP contribution is -2.23. The zero-order chi connectivity index (χ0) is 21.1. The summed E-state index contributed by atoms with van der Waals surface area (Å²) in [6.45, 7) is 3.96. The van der Waals surface area contributed by atoms with Gasteiger partial charge in [0.15, 0.2) is 0 Å². The largest absolute Gasteiger partial charge is 0.421 e. The molecule has 2 heterocycles. The van der Waals surface area contributed by atoms with E-state index in [2.05, 4.69) is 25.8 Å². The van der Waals surface area contributed by atoms with E-state index in [4.69, 9.17) is 16.0 Å². The van der Waals surface area contributed by atoms with Crippen LogP contribution in [-0.2, 0) is 6.54 Å². The number of halogens is 1. The van der Waals surface area contributed by atoms with E-state index in [1.54, 1.807) is 29.8 Å². The Morgan fingerprint density at radius 2 is 1.90 bits per heavy atom. The van der Waals surface area contributed by atoms with E-state index in [0.717, 1.165) is 5.56 Å². The number of rotatable bonds is 6. The summed E-state index contributed by atoms with van der Waals surface area (Å²) >= 11 is 5.95. The third kappa shape index (κ3) is 4.23. The Balaban J connectivity index is 1.45. The SMILES string of the molecule is Cc1nnc(-c2ccccc2C(=O)NCc2cn([C@H](C)c3ccc(Cl)cc3)nn2)o1. The minimum atomic E-state index is -0.262. The summed E-state index contributed by atoms with van der Waals surface area (Å²) in [4.78, 5) is 12.7. The molecule has 0 aliphatic heterocycles. The first kappa shape index (κ1) is 19.8. The number of hydrogen-bond donors (Lipinski definition) is 1. The van der Waals surface area contributed by atoms with Crippen LogP contribution in [0, 0.1) is 6.92 Å². The summed E-state index contributed by atoms with van der Waals surface area (Å²) in [6, 6.07) is 14.7. The van der Waals surface area contributed by atoms with E-state index >= 15 is 0 Å². The molecule has 0 spiro atoms. The first-order chi connectivity index (χ1) is 14.5. The average Bonchev–Trinajstić information content (AvgIpc) is 3.41.